The number of hydrogen-bond acceptors (Lipinski definition) is 4. The average molecular weight is 438 g/mol. The number of nitrogens with zero attached hydrogens (tertiary/aromatic N) is 4. The predicted molar refractivity (Wildman–Crippen MR) is 134 cm³/mol. The number of hydrogen-bond donors (Lipinski definition) is 1. The molecule has 2 amide bonds. The van der Waals surface area contributed by atoms with Crippen molar-refractivity contribution in [3.63, 3.8) is 0 Å². The van der Waals surface area contributed by atoms with Gasteiger partial charge < -0.3 is 15.1 Å². The Morgan fingerprint density at radius 1 is 0.818 bits per heavy atom. The van der Waals surface area contributed by atoms with E-state index in [2.05, 4.69) is 56.8 Å². The molecule has 166 valence electrons. The van der Waals surface area contributed by atoms with E-state index in [0.29, 0.717) is 13.1 Å². The summed E-state index contributed by atoms with van der Waals surface area (Å²) in [5.41, 5.74) is 5.07. The van der Waals surface area contributed by atoms with Crippen LogP contribution in [0.2, 0.25) is 0 Å². The molecule has 1 aliphatic rings. The van der Waals surface area contributed by atoms with Crippen LogP contribution in [0.5, 0.6) is 0 Å². The Morgan fingerprint density at radius 3 is 2.27 bits per heavy atom. The standard InChI is InChI=1S/C27H27N5O/c1-19-16-20(2)18-22(17-19)28-27(33)32-14-12-31(13-15-32)26-11-10-25(29-30-26)24-9-5-7-21-6-3-4-8-23(21)24/h3-11,16-18H,12-15H2,1-2H3,(H,28,33). The Morgan fingerprint density at radius 2 is 1.55 bits per heavy atom. The number of carbonyl (C=O) groups excluding carboxylic acids is 1. The van der Waals surface area contributed by atoms with Crippen LogP contribution in [-0.4, -0.2) is 47.3 Å². The molecule has 6 heteroatoms. The van der Waals surface area contributed by atoms with Crippen LogP contribution in [0.1, 0.15) is 11.1 Å². The minimum Gasteiger partial charge on any atom is -0.352 e. The largest absolute Gasteiger partial charge is 0.352 e. The number of anilines is 2. The lowest BCUT2D eigenvalue weighted by atomic mass is 10.0. The quantitative estimate of drug-likeness (QED) is 0.474. The second-order valence-corrected chi connectivity index (χ2v) is 8.58. The molecule has 4 aromatic rings. The van der Waals surface area contributed by atoms with Gasteiger partial charge in [-0.3, -0.25) is 0 Å². The number of fused-ring (bicyclic) bond motifs is 1. The molecule has 0 bridgehead atoms. The van der Waals surface area contributed by atoms with Gasteiger partial charge in [-0.05, 0) is 60.0 Å². The molecule has 1 saturated heterocycles. The van der Waals surface area contributed by atoms with Gasteiger partial charge in [-0.1, -0.05) is 48.5 Å². The number of urea groups is 1. The van der Waals surface area contributed by atoms with Crippen LogP contribution >= 0.6 is 0 Å². The summed E-state index contributed by atoms with van der Waals surface area (Å²) in [6.45, 7) is 6.81. The first kappa shape index (κ1) is 20.9. The van der Waals surface area contributed by atoms with Crippen LogP contribution in [0, 0.1) is 13.8 Å². The fraction of sp³-hybridized carbons (Fsp3) is 0.222. The molecule has 1 aliphatic heterocycles. The molecule has 2 heterocycles. The molecule has 0 unspecified atom stereocenters. The number of carbonyl (C=O) groups is 1. The molecule has 6 nitrogen and oxygen atoms in total. The maximum atomic E-state index is 12.7. The van der Waals surface area contributed by atoms with E-state index in [4.69, 9.17) is 0 Å². The Kier molecular flexibility index (Phi) is 5.65. The lowest BCUT2D eigenvalue weighted by molar-refractivity contribution is 0.208. The third-order valence-electron chi connectivity index (χ3n) is 6.08. The molecular weight excluding hydrogens is 410 g/mol. The van der Waals surface area contributed by atoms with Crippen molar-refractivity contribution >= 4 is 28.3 Å². The number of amides is 2. The summed E-state index contributed by atoms with van der Waals surface area (Å²) in [7, 11) is 0. The smallest absolute Gasteiger partial charge is 0.321 e. The Labute approximate surface area is 193 Å². The zero-order chi connectivity index (χ0) is 22.8. The minimum atomic E-state index is -0.0583. The highest BCUT2D eigenvalue weighted by molar-refractivity contribution is 5.95. The van der Waals surface area contributed by atoms with Crippen molar-refractivity contribution in [3.8, 4) is 11.3 Å². The maximum absolute atomic E-state index is 12.7. The van der Waals surface area contributed by atoms with E-state index >= 15 is 0 Å². The SMILES string of the molecule is Cc1cc(C)cc(NC(=O)N2CCN(c3ccc(-c4cccc5ccccc45)nn3)CC2)c1. The lowest BCUT2D eigenvalue weighted by Crippen LogP contribution is -2.50. The van der Waals surface area contributed by atoms with Gasteiger partial charge in [-0.15, -0.1) is 10.2 Å². The first-order valence-electron chi connectivity index (χ1n) is 11.3. The van der Waals surface area contributed by atoms with Crippen LogP contribution in [0.25, 0.3) is 22.0 Å². The predicted octanol–water partition coefficient (Wildman–Crippen LogP) is 5.27. The van der Waals surface area contributed by atoms with E-state index < -0.39 is 0 Å². The van der Waals surface area contributed by atoms with Crippen molar-refractivity contribution < 1.29 is 4.79 Å². The van der Waals surface area contributed by atoms with Crippen LogP contribution < -0.4 is 10.2 Å². The molecule has 3 aromatic carbocycles. The van der Waals surface area contributed by atoms with E-state index in [0.717, 1.165) is 47.0 Å². The van der Waals surface area contributed by atoms with Crippen molar-refractivity contribution in [3.05, 3.63) is 83.9 Å². The number of piperazine rings is 1. The molecule has 1 fully saturated rings. The summed E-state index contributed by atoms with van der Waals surface area (Å²) in [6, 6.07) is 24.6. The summed E-state index contributed by atoms with van der Waals surface area (Å²) in [5.74, 6) is 0.841. The van der Waals surface area contributed by atoms with Crippen LogP contribution in [0.3, 0.4) is 0 Å². The molecular formula is C27H27N5O. The average Bonchev–Trinajstić information content (AvgIpc) is 2.83. The van der Waals surface area contributed by atoms with Crippen molar-refractivity contribution in [2.24, 2.45) is 0 Å². The third-order valence-corrected chi connectivity index (χ3v) is 6.08. The van der Waals surface area contributed by atoms with Gasteiger partial charge in [0.2, 0.25) is 0 Å². The maximum Gasteiger partial charge on any atom is 0.321 e. The topological polar surface area (TPSA) is 61.4 Å². The van der Waals surface area contributed by atoms with Gasteiger partial charge in [-0.25, -0.2) is 4.79 Å². The van der Waals surface area contributed by atoms with E-state index in [1.807, 2.05) is 55.1 Å². The molecule has 0 atom stereocenters. The second-order valence-electron chi connectivity index (χ2n) is 8.58. The normalized spacial score (nSPS) is 13.9. The monoisotopic (exact) mass is 437 g/mol. The highest BCUT2D eigenvalue weighted by atomic mass is 16.2. The van der Waals surface area contributed by atoms with Gasteiger partial charge in [0.1, 0.15) is 0 Å². The van der Waals surface area contributed by atoms with Gasteiger partial charge in [0.15, 0.2) is 5.82 Å². The lowest BCUT2D eigenvalue weighted by Gasteiger charge is -2.35. The number of benzene rings is 3. The summed E-state index contributed by atoms with van der Waals surface area (Å²) < 4.78 is 0. The molecule has 33 heavy (non-hydrogen) atoms. The number of rotatable bonds is 3. The summed E-state index contributed by atoms with van der Waals surface area (Å²) in [5, 5.41) is 14.4. The molecule has 0 saturated carbocycles. The molecule has 0 aliphatic carbocycles. The first-order valence-corrected chi connectivity index (χ1v) is 11.3. The second kappa shape index (κ2) is 8.90. The van der Waals surface area contributed by atoms with Crippen LogP contribution in [0.15, 0.2) is 72.8 Å². The van der Waals surface area contributed by atoms with Gasteiger partial charge in [-0.2, -0.15) is 0 Å². The molecule has 0 spiro atoms. The van der Waals surface area contributed by atoms with E-state index in [1.54, 1.807) is 0 Å². The van der Waals surface area contributed by atoms with E-state index in [1.165, 1.54) is 10.8 Å². The van der Waals surface area contributed by atoms with Gasteiger partial charge in [0.05, 0.1) is 5.69 Å². The Bertz CT molecular complexity index is 1270. The van der Waals surface area contributed by atoms with E-state index in [9.17, 15) is 4.79 Å². The van der Waals surface area contributed by atoms with Crippen molar-refractivity contribution in [2.75, 3.05) is 36.4 Å². The first-order chi connectivity index (χ1) is 16.1. The minimum absolute atomic E-state index is 0.0583. The summed E-state index contributed by atoms with van der Waals surface area (Å²) in [6.07, 6.45) is 0. The van der Waals surface area contributed by atoms with Crippen molar-refractivity contribution in [2.45, 2.75) is 13.8 Å². The highest BCUT2D eigenvalue weighted by Gasteiger charge is 2.22. The van der Waals surface area contributed by atoms with Crippen LogP contribution in [0.4, 0.5) is 16.3 Å². The molecule has 1 N–H and O–H groups in total. The van der Waals surface area contributed by atoms with Gasteiger partial charge >= 0.3 is 6.03 Å². The highest BCUT2D eigenvalue weighted by Crippen LogP contribution is 2.27. The van der Waals surface area contributed by atoms with Gasteiger partial charge in [0, 0.05) is 37.4 Å². The fourth-order valence-electron chi connectivity index (χ4n) is 4.47. The number of aromatic nitrogens is 2. The third kappa shape index (κ3) is 4.51. The fourth-order valence-corrected chi connectivity index (χ4v) is 4.47. The van der Waals surface area contributed by atoms with Crippen molar-refractivity contribution in [1.82, 2.24) is 15.1 Å². The summed E-state index contributed by atoms with van der Waals surface area (Å²) in [4.78, 5) is 16.7. The molecule has 0 radical (unpaired) electrons. The Balaban J connectivity index is 1.23. The zero-order valence-corrected chi connectivity index (χ0v) is 19.0. The molecule has 1 aromatic heterocycles. The van der Waals surface area contributed by atoms with E-state index in [-0.39, 0.29) is 6.03 Å². The van der Waals surface area contributed by atoms with Crippen LogP contribution in [-0.2, 0) is 0 Å². The Hall–Kier alpha value is -3.93. The van der Waals surface area contributed by atoms with Crippen molar-refractivity contribution in [1.29, 1.82) is 0 Å². The number of nitrogens with one attached hydrogen (secondary N) is 1. The molecule has 5 rings (SSSR count). The number of aryl methyl sites for hydroxylation is 2. The zero-order valence-electron chi connectivity index (χ0n) is 19.0. The summed E-state index contributed by atoms with van der Waals surface area (Å²) >= 11 is 0. The van der Waals surface area contributed by atoms with Gasteiger partial charge in [0.25, 0.3) is 0 Å².